The molecule has 0 aromatic carbocycles. The van der Waals surface area contributed by atoms with Crippen molar-refractivity contribution in [2.45, 2.75) is 67.0 Å². The zero-order valence-corrected chi connectivity index (χ0v) is 21.0. The highest BCUT2D eigenvalue weighted by Crippen LogP contribution is 2.44. The van der Waals surface area contributed by atoms with Crippen LogP contribution in [0.15, 0.2) is 6.07 Å². The van der Waals surface area contributed by atoms with E-state index in [1.165, 1.54) is 4.88 Å². The topological polar surface area (TPSA) is 69.6 Å². The van der Waals surface area contributed by atoms with E-state index in [-0.39, 0.29) is 5.41 Å². The van der Waals surface area contributed by atoms with Gasteiger partial charge in [-0.05, 0) is 51.3 Å². The fourth-order valence-corrected chi connectivity index (χ4v) is 5.86. The molecule has 2 aromatic heterocycles. The molecule has 7 heteroatoms. The summed E-state index contributed by atoms with van der Waals surface area (Å²) in [5, 5.41) is 10.2. The van der Waals surface area contributed by atoms with Gasteiger partial charge < -0.3 is 10.0 Å². The van der Waals surface area contributed by atoms with Crippen LogP contribution >= 0.6 is 11.3 Å². The summed E-state index contributed by atoms with van der Waals surface area (Å²) >= 11 is 1.69. The Kier molecular flexibility index (Phi) is 7.08. The molecule has 0 unspecified atom stereocenters. The summed E-state index contributed by atoms with van der Waals surface area (Å²) < 4.78 is 0. The summed E-state index contributed by atoms with van der Waals surface area (Å²) in [6.07, 6.45) is 2.38. The van der Waals surface area contributed by atoms with Gasteiger partial charge in [-0.3, -0.25) is 9.69 Å². The SMILES string of the molecule is CCC[C@@]1(C(=O)O)C[C@@H](C(C)(C)C)CN(Cc2cc3nc(CN(C)C)c(C)nc3s2)C1. The third kappa shape index (κ3) is 5.44. The van der Waals surface area contributed by atoms with Gasteiger partial charge >= 0.3 is 5.97 Å². The first-order valence-electron chi connectivity index (χ1n) is 11.3. The molecule has 1 fully saturated rings. The second-order valence-electron chi connectivity index (χ2n) is 10.7. The third-order valence-electron chi connectivity index (χ3n) is 6.58. The van der Waals surface area contributed by atoms with Crippen LogP contribution in [-0.2, 0) is 17.9 Å². The number of carbonyl (C=O) groups is 1. The maximum atomic E-state index is 12.4. The van der Waals surface area contributed by atoms with Crippen molar-refractivity contribution in [2.24, 2.45) is 16.7 Å². The zero-order valence-electron chi connectivity index (χ0n) is 20.2. The average molecular weight is 447 g/mol. The van der Waals surface area contributed by atoms with Gasteiger partial charge in [-0.15, -0.1) is 11.3 Å². The monoisotopic (exact) mass is 446 g/mol. The lowest BCUT2D eigenvalue weighted by atomic mass is 9.65. The summed E-state index contributed by atoms with van der Waals surface area (Å²) in [5.74, 6) is -0.291. The summed E-state index contributed by atoms with van der Waals surface area (Å²) in [5.41, 5.74) is 2.36. The van der Waals surface area contributed by atoms with Gasteiger partial charge in [0.2, 0.25) is 0 Å². The average Bonchev–Trinajstić information content (AvgIpc) is 3.01. The normalized spacial score (nSPS) is 23.0. The molecule has 0 bridgehead atoms. The largest absolute Gasteiger partial charge is 0.481 e. The number of likely N-dealkylation sites (tertiary alicyclic amines) is 1. The highest BCUT2D eigenvalue weighted by molar-refractivity contribution is 7.18. The van der Waals surface area contributed by atoms with Gasteiger partial charge in [-0.1, -0.05) is 34.1 Å². The van der Waals surface area contributed by atoms with Gasteiger partial charge in [0.05, 0.1) is 16.8 Å². The Balaban J connectivity index is 1.88. The Hall–Kier alpha value is -1.57. The number of hydrogen-bond acceptors (Lipinski definition) is 6. The van der Waals surface area contributed by atoms with Crippen LogP contribution in [0.1, 0.15) is 63.2 Å². The number of rotatable bonds is 7. The van der Waals surface area contributed by atoms with Crippen molar-refractivity contribution < 1.29 is 9.90 Å². The molecule has 1 aliphatic rings. The van der Waals surface area contributed by atoms with Crippen LogP contribution in [0.3, 0.4) is 0 Å². The number of nitrogens with zero attached hydrogens (tertiary/aromatic N) is 4. The van der Waals surface area contributed by atoms with Gasteiger partial charge in [-0.25, -0.2) is 9.97 Å². The number of aromatic nitrogens is 2. The van der Waals surface area contributed by atoms with E-state index in [0.29, 0.717) is 12.5 Å². The second kappa shape index (κ2) is 9.12. The molecule has 1 N–H and O–H groups in total. The lowest BCUT2D eigenvalue weighted by molar-refractivity contribution is -0.156. The van der Waals surface area contributed by atoms with Crippen molar-refractivity contribution in [3.63, 3.8) is 0 Å². The summed E-state index contributed by atoms with van der Waals surface area (Å²) in [4.78, 5) is 28.7. The van der Waals surface area contributed by atoms with Crippen LogP contribution in [0.25, 0.3) is 10.3 Å². The maximum absolute atomic E-state index is 12.4. The summed E-state index contributed by atoms with van der Waals surface area (Å²) in [6, 6.07) is 2.15. The molecule has 31 heavy (non-hydrogen) atoms. The first-order chi connectivity index (χ1) is 14.4. The van der Waals surface area contributed by atoms with E-state index in [1.54, 1.807) is 11.3 Å². The van der Waals surface area contributed by atoms with Gasteiger partial charge in [0.15, 0.2) is 0 Å². The zero-order chi connectivity index (χ0) is 23.0. The van der Waals surface area contributed by atoms with Crippen molar-refractivity contribution in [3.05, 3.63) is 22.3 Å². The number of thiophene rings is 1. The van der Waals surface area contributed by atoms with E-state index in [1.807, 2.05) is 21.0 Å². The van der Waals surface area contributed by atoms with E-state index in [4.69, 9.17) is 9.97 Å². The second-order valence-corrected chi connectivity index (χ2v) is 11.8. The lowest BCUT2D eigenvalue weighted by Crippen LogP contribution is -2.53. The Morgan fingerprint density at radius 3 is 2.65 bits per heavy atom. The van der Waals surface area contributed by atoms with Gasteiger partial charge in [-0.2, -0.15) is 0 Å². The van der Waals surface area contributed by atoms with Crippen LogP contribution in [0, 0.1) is 23.7 Å². The molecule has 0 spiro atoms. The minimum absolute atomic E-state index is 0.0780. The van der Waals surface area contributed by atoms with E-state index >= 15 is 0 Å². The molecule has 1 aliphatic heterocycles. The van der Waals surface area contributed by atoms with Crippen LogP contribution in [0.4, 0.5) is 0 Å². The molecule has 6 nitrogen and oxygen atoms in total. The Bertz CT molecular complexity index is 934. The van der Waals surface area contributed by atoms with Crippen molar-refractivity contribution in [1.29, 1.82) is 0 Å². The summed E-state index contributed by atoms with van der Waals surface area (Å²) in [6.45, 7) is 13.9. The molecule has 2 atom stereocenters. The van der Waals surface area contributed by atoms with Crippen molar-refractivity contribution in [1.82, 2.24) is 19.8 Å². The van der Waals surface area contributed by atoms with Crippen molar-refractivity contribution in [2.75, 3.05) is 27.2 Å². The lowest BCUT2D eigenvalue weighted by Gasteiger charge is -2.48. The van der Waals surface area contributed by atoms with E-state index in [0.717, 1.165) is 60.6 Å². The standard InChI is InChI=1S/C24H38N4O2S/c1-8-9-24(22(29)30)11-17(23(3,4)5)12-28(15-24)13-18-10-19-21(31-18)25-16(2)20(26-19)14-27(6)7/h10,17H,8-9,11-15H2,1-7H3,(H,29,30)/t17-,24-/m1/s1. The minimum atomic E-state index is -0.659. The first-order valence-corrected chi connectivity index (χ1v) is 12.1. The van der Waals surface area contributed by atoms with Crippen LogP contribution in [0.5, 0.6) is 0 Å². The molecule has 0 aliphatic carbocycles. The first kappa shape index (κ1) is 24.1. The van der Waals surface area contributed by atoms with Crippen LogP contribution in [0.2, 0.25) is 0 Å². The van der Waals surface area contributed by atoms with Crippen LogP contribution < -0.4 is 0 Å². The number of aryl methyl sites for hydroxylation is 1. The minimum Gasteiger partial charge on any atom is -0.481 e. The van der Waals surface area contributed by atoms with Crippen LogP contribution in [-0.4, -0.2) is 58.0 Å². The highest BCUT2D eigenvalue weighted by Gasteiger charge is 2.47. The number of carboxylic acid groups (broad SMARTS) is 1. The number of fused-ring (bicyclic) bond motifs is 1. The predicted molar refractivity (Wildman–Crippen MR) is 127 cm³/mol. The number of hydrogen-bond donors (Lipinski definition) is 1. The number of carboxylic acids is 1. The van der Waals surface area contributed by atoms with Crippen molar-refractivity contribution >= 4 is 27.7 Å². The molecular formula is C24H38N4O2S. The predicted octanol–water partition coefficient (Wildman–Crippen LogP) is 4.80. The van der Waals surface area contributed by atoms with Gasteiger partial charge in [0.1, 0.15) is 10.3 Å². The molecule has 1 saturated heterocycles. The molecular weight excluding hydrogens is 408 g/mol. The molecule has 0 amide bonds. The molecule has 0 radical (unpaired) electrons. The molecule has 3 heterocycles. The third-order valence-corrected chi connectivity index (χ3v) is 7.58. The van der Waals surface area contributed by atoms with Gasteiger partial charge in [0.25, 0.3) is 0 Å². The molecule has 3 rings (SSSR count). The smallest absolute Gasteiger partial charge is 0.310 e. The molecule has 0 saturated carbocycles. The number of piperidine rings is 1. The Labute approximate surface area is 190 Å². The molecule has 2 aromatic rings. The Morgan fingerprint density at radius 2 is 2.06 bits per heavy atom. The fourth-order valence-electron chi connectivity index (χ4n) is 4.80. The maximum Gasteiger partial charge on any atom is 0.310 e. The van der Waals surface area contributed by atoms with E-state index < -0.39 is 11.4 Å². The fraction of sp³-hybridized carbons (Fsp3) is 0.708. The Morgan fingerprint density at radius 1 is 1.35 bits per heavy atom. The quantitative estimate of drug-likeness (QED) is 0.659. The van der Waals surface area contributed by atoms with Crippen molar-refractivity contribution in [3.8, 4) is 0 Å². The van der Waals surface area contributed by atoms with E-state index in [9.17, 15) is 9.90 Å². The summed E-state index contributed by atoms with van der Waals surface area (Å²) in [7, 11) is 4.08. The van der Waals surface area contributed by atoms with E-state index in [2.05, 4.69) is 43.6 Å². The highest BCUT2D eigenvalue weighted by atomic mass is 32.1. The number of aliphatic carboxylic acids is 1. The molecule has 172 valence electrons. The van der Waals surface area contributed by atoms with Gasteiger partial charge in [0, 0.05) is 31.1 Å².